The summed E-state index contributed by atoms with van der Waals surface area (Å²) in [5.41, 5.74) is 1.30. The normalized spacial score (nSPS) is 11.8. The fraction of sp³-hybridized carbons (Fsp3) is 0.118. The minimum atomic E-state index is -0.550. The van der Waals surface area contributed by atoms with Gasteiger partial charge in [0.15, 0.2) is 0 Å². The number of benzene rings is 2. The van der Waals surface area contributed by atoms with Gasteiger partial charge in [0.25, 0.3) is 0 Å². The molecule has 2 amide bonds. The van der Waals surface area contributed by atoms with Crippen molar-refractivity contribution in [2.45, 2.75) is 13.0 Å². The van der Waals surface area contributed by atoms with Crippen LogP contribution in [-0.4, -0.2) is 16.2 Å². The smallest absolute Gasteiger partial charge is 0.329 e. The van der Waals surface area contributed by atoms with Gasteiger partial charge in [-0.15, -0.1) is 0 Å². The summed E-state index contributed by atoms with van der Waals surface area (Å²) in [6.07, 6.45) is 0. The van der Waals surface area contributed by atoms with Gasteiger partial charge in [0, 0.05) is 5.56 Å². The van der Waals surface area contributed by atoms with Gasteiger partial charge in [-0.05, 0) is 48.9 Å². The van der Waals surface area contributed by atoms with Gasteiger partial charge in [-0.1, -0.05) is 17.3 Å². The SMILES string of the molecule is C[C@@H](NC(=O)Nc1nc(-c2ccc(F)cc2)no1)c1ccc(F)cc1. The molecule has 0 radical (unpaired) electrons. The first kappa shape index (κ1) is 16.6. The van der Waals surface area contributed by atoms with Crippen molar-refractivity contribution in [2.24, 2.45) is 0 Å². The molecule has 0 aliphatic carbocycles. The molecule has 0 spiro atoms. The van der Waals surface area contributed by atoms with Crippen molar-refractivity contribution in [3.05, 3.63) is 65.7 Å². The number of amides is 2. The van der Waals surface area contributed by atoms with Crippen LogP contribution < -0.4 is 10.6 Å². The van der Waals surface area contributed by atoms with Crippen LogP contribution in [0.1, 0.15) is 18.5 Å². The van der Waals surface area contributed by atoms with Crippen LogP contribution in [-0.2, 0) is 0 Å². The van der Waals surface area contributed by atoms with E-state index in [0.29, 0.717) is 5.56 Å². The number of halogens is 2. The van der Waals surface area contributed by atoms with Gasteiger partial charge in [0.2, 0.25) is 5.82 Å². The maximum absolute atomic E-state index is 12.9. The number of rotatable bonds is 4. The lowest BCUT2D eigenvalue weighted by Gasteiger charge is -2.13. The molecule has 1 atom stereocenters. The van der Waals surface area contributed by atoms with Crippen LogP contribution in [0.25, 0.3) is 11.4 Å². The number of nitrogens with zero attached hydrogens (tertiary/aromatic N) is 2. The minimum Gasteiger partial charge on any atom is -0.331 e. The lowest BCUT2D eigenvalue weighted by atomic mass is 10.1. The van der Waals surface area contributed by atoms with Gasteiger partial charge in [0.1, 0.15) is 11.6 Å². The fourth-order valence-corrected chi connectivity index (χ4v) is 2.16. The molecular formula is C17H14F2N4O2. The molecule has 2 N–H and O–H groups in total. The lowest BCUT2D eigenvalue weighted by Crippen LogP contribution is -2.31. The van der Waals surface area contributed by atoms with Gasteiger partial charge in [-0.2, -0.15) is 4.98 Å². The third kappa shape index (κ3) is 4.17. The molecule has 2 aromatic carbocycles. The van der Waals surface area contributed by atoms with Crippen LogP contribution in [0.2, 0.25) is 0 Å². The van der Waals surface area contributed by atoms with E-state index in [2.05, 4.69) is 20.8 Å². The van der Waals surface area contributed by atoms with E-state index >= 15 is 0 Å². The molecule has 128 valence electrons. The van der Waals surface area contributed by atoms with Crippen LogP contribution in [0.4, 0.5) is 19.6 Å². The Balaban J connectivity index is 1.61. The van der Waals surface area contributed by atoms with E-state index in [4.69, 9.17) is 4.52 Å². The molecule has 8 heteroatoms. The minimum absolute atomic E-state index is 0.0943. The van der Waals surface area contributed by atoms with E-state index in [-0.39, 0.29) is 29.5 Å². The number of anilines is 1. The second kappa shape index (κ2) is 7.08. The molecule has 0 saturated heterocycles. The van der Waals surface area contributed by atoms with Gasteiger partial charge < -0.3 is 9.84 Å². The monoisotopic (exact) mass is 344 g/mol. The summed E-state index contributed by atoms with van der Waals surface area (Å²) >= 11 is 0. The van der Waals surface area contributed by atoms with Gasteiger partial charge in [-0.25, -0.2) is 13.6 Å². The number of hydrogen-bond acceptors (Lipinski definition) is 4. The third-order valence-electron chi connectivity index (χ3n) is 3.47. The maximum atomic E-state index is 12.9. The molecule has 0 fully saturated rings. The predicted molar refractivity (Wildman–Crippen MR) is 86.7 cm³/mol. The summed E-state index contributed by atoms with van der Waals surface area (Å²) in [4.78, 5) is 16.0. The number of carbonyl (C=O) groups excluding carboxylic acids is 1. The van der Waals surface area contributed by atoms with Crippen molar-refractivity contribution in [3.63, 3.8) is 0 Å². The first-order chi connectivity index (χ1) is 12.0. The third-order valence-corrected chi connectivity index (χ3v) is 3.47. The second-order valence-electron chi connectivity index (χ2n) is 5.30. The highest BCUT2D eigenvalue weighted by molar-refractivity contribution is 5.87. The Morgan fingerprint density at radius 1 is 1.04 bits per heavy atom. The largest absolute Gasteiger partial charge is 0.331 e. The van der Waals surface area contributed by atoms with Crippen LogP contribution >= 0.6 is 0 Å². The molecule has 25 heavy (non-hydrogen) atoms. The Kier molecular flexibility index (Phi) is 4.69. The van der Waals surface area contributed by atoms with Crippen molar-refractivity contribution in [1.82, 2.24) is 15.5 Å². The Labute approximate surface area is 141 Å². The topological polar surface area (TPSA) is 80.0 Å². The highest BCUT2D eigenvalue weighted by Gasteiger charge is 2.14. The van der Waals surface area contributed by atoms with Crippen molar-refractivity contribution in [3.8, 4) is 11.4 Å². The highest BCUT2D eigenvalue weighted by Crippen LogP contribution is 2.18. The number of aromatic nitrogens is 2. The first-order valence-electron chi connectivity index (χ1n) is 7.44. The molecule has 0 aliphatic heterocycles. The highest BCUT2D eigenvalue weighted by atomic mass is 19.1. The molecule has 1 aromatic heterocycles. The van der Waals surface area contributed by atoms with Gasteiger partial charge >= 0.3 is 12.0 Å². The van der Waals surface area contributed by atoms with E-state index in [9.17, 15) is 13.6 Å². The number of nitrogens with one attached hydrogen (secondary N) is 2. The number of hydrogen-bond donors (Lipinski definition) is 2. The lowest BCUT2D eigenvalue weighted by molar-refractivity contribution is 0.248. The zero-order valence-electron chi connectivity index (χ0n) is 13.2. The van der Waals surface area contributed by atoms with Crippen molar-refractivity contribution in [2.75, 3.05) is 5.32 Å². The Morgan fingerprint density at radius 2 is 1.64 bits per heavy atom. The van der Waals surface area contributed by atoms with Crippen LogP contribution in [0.3, 0.4) is 0 Å². The molecule has 3 aromatic rings. The van der Waals surface area contributed by atoms with E-state index in [1.54, 1.807) is 19.1 Å². The quantitative estimate of drug-likeness (QED) is 0.752. The van der Waals surface area contributed by atoms with Crippen LogP contribution in [0, 0.1) is 11.6 Å². The van der Waals surface area contributed by atoms with Gasteiger partial charge in [-0.3, -0.25) is 5.32 Å². The molecular weight excluding hydrogens is 330 g/mol. The van der Waals surface area contributed by atoms with E-state index in [1.807, 2.05) is 0 Å². The van der Waals surface area contributed by atoms with Crippen molar-refractivity contribution < 1.29 is 18.1 Å². The standard InChI is InChI=1S/C17H14F2N4O2/c1-10(11-2-6-13(18)7-3-11)20-16(24)22-17-21-15(23-25-17)12-4-8-14(19)9-5-12/h2-10H,1H3,(H2,20,21,22,23,24)/t10-/m1/s1. The first-order valence-corrected chi connectivity index (χ1v) is 7.44. The molecule has 1 heterocycles. The molecule has 0 bridgehead atoms. The van der Waals surface area contributed by atoms with Gasteiger partial charge in [0.05, 0.1) is 6.04 Å². The van der Waals surface area contributed by atoms with E-state index < -0.39 is 6.03 Å². The molecule has 6 nitrogen and oxygen atoms in total. The van der Waals surface area contributed by atoms with Crippen molar-refractivity contribution >= 4 is 12.0 Å². The summed E-state index contributed by atoms with van der Waals surface area (Å²) in [5.74, 6) is -0.499. The molecule has 0 aliphatic rings. The van der Waals surface area contributed by atoms with Crippen molar-refractivity contribution in [1.29, 1.82) is 0 Å². The summed E-state index contributed by atoms with van der Waals surface area (Å²) in [5, 5.41) is 8.81. The average molecular weight is 344 g/mol. The number of urea groups is 1. The maximum Gasteiger partial charge on any atom is 0.329 e. The molecule has 0 saturated carbocycles. The summed E-state index contributed by atoms with van der Waals surface area (Å²) in [6.45, 7) is 1.75. The second-order valence-corrected chi connectivity index (χ2v) is 5.30. The Hall–Kier alpha value is -3.29. The summed E-state index contributed by atoms with van der Waals surface area (Å²) in [6, 6.07) is 10.4. The number of carbonyl (C=O) groups is 1. The zero-order chi connectivity index (χ0) is 17.8. The Morgan fingerprint density at radius 3 is 2.28 bits per heavy atom. The predicted octanol–water partition coefficient (Wildman–Crippen LogP) is 3.90. The zero-order valence-corrected chi connectivity index (χ0v) is 13.2. The van der Waals surface area contributed by atoms with E-state index in [0.717, 1.165) is 5.56 Å². The fourth-order valence-electron chi connectivity index (χ4n) is 2.16. The van der Waals surface area contributed by atoms with Crippen LogP contribution in [0.15, 0.2) is 53.1 Å². The molecule has 0 unspecified atom stereocenters. The average Bonchev–Trinajstić information content (AvgIpc) is 3.04. The van der Waals surface area contributed by atoms with Crippen LogP contribution in [0.5, 0.6) is 0 Å². The Bertz CT molecular complexity index is 863. The van der Waals surface area contributed by atoms with E-state index in [1.165, 1.54) is 36.4 Å². The molecule has 3 rings (SSSR count). The summed E-state index contributed by atoms with van der Waals surface area (Å²) < 4.78 is 30.8. The summed E-state index contributed by atoms with van der Waals surface area (Å²) in [7, 11) is 0.